The molecule has 2 aromatic rings. The number of aryl methyl sites for hydroxylation is 3. The number of hydrogen-bond acceptors (Lipinski definition) is 3. The predicted octanol–water partition coefficient (Wildman–Crippen LogP) is 3.55. The number of benzene rings is 2. The topological polar surface area (TPSA) is 75.3 Å². The van der Waals surface area contributed by atoms with Gasteiger partial charge in [0.1, 0.15) is 0 Å². The van der Waals surface area contributed by atoms with Gasteiger partial charge < -0.3 is 5.32 Å². The number of anilines is 1. The maximum absolute atomic E-state index is 12.5. The maximum Gasteiger partial charge on any atom is 0.416 e. The molecule has 0 unspecified atom stereocenters. The highest BCUT2D eigenvalue weighted by molar-refractivity contribution is 7.89. The SMILES string of the molecule is Cc1cc(C)c(S(=O)(=O)NCC(=O)Nc2ccc(C(F)(F)F)cc2)c(C)c1. The summed E-state index contributed by atoms with van der Waals surface area (Å²) in [7, 11) is -3.91. The van der Waals surface area contributed by atoms with Crippen molar-refractivity contribution in [3.63, 3.8) is 0 Å². The summed E-state index contributed by atoms with van der Waals surface area (Å²) >= 11 is 0. The van der Waals surface area contributed by atoms with Crippen molar-refractivity contribution in [1.29, 1.82) is 0 Å². The van der Waals surface area contributed by atoms with E-state index >= 15 is 0 Å². The molecule has 2 aromatic carbocycles. The quantitative estimate of drug-likeness (QED) is 0.806. The van der Waals surface area contributed by atoms with E-state index in [4.69, 9.17) is 0 Å². The summed E-state index contributed by atoms with van der Waals surface area (Å²) in [5.74, 6) is -0.694. The Labute approximate surface area is 155 Å². The van der Waals surface area contributed by atoms with Crippen molar-refractivity contribution < 1.29 is 26.4 Å². The minimum absolute atomic E-state index is 0.107. The smallest absolute Gasteiger partial charge is 0.325 e. The van der Waals surface area contributed by atoms with Crippen LogP contribution in [0.2, 0.25) is 0 Å². The molecule has 0 atom stereocenters. The number of carbonyl (C=O) groups excluding carboxylic acids is 1. The van der Waals surface area contributed by atoms with Crippen LogP contribution in [0.3, 0.4) is 0 Å². The van der Waals surface area contributed by atoms with Crippen LogP contribution >= 0.6 is 0 Å². The predicted molar refractivity (Wildman–Crippen MR) is 95.9 cm³/mol. The van der Waals surface area contributed by atoms with Crippen LogP contribution in [0.5, 0.6) is 0 Å². The number of halogens is 3. The molecule has 0 saturated carbocycles. The zero-order valence-electron chi connectivity index (χ0n) is 14.9. The maximum atomic E-state index is 12.5. The van der Waals surface area contributed by atoms with E-state index in [2.05, 4.69) is 10.0 Å². The molecular formula is C18H19F3N2O3S. The average molecular weight is 400 g/mol. The van der Waals surface area contributed by atoms with E-state index in [-0.39, 0.29) is 10.6 Å². The molecule has 0 heterocycles. The molecule has 0 spiro atoms. The highest BCUT2D eigenvalue weighted by Gasteiger charge is 2.30. The number of carbonyl (C=O) groups is 1. The van der Waals surface area contributed by atoms with Crippen molar-refractivity contribution in [3.05, 3.63) is 58.7 Å². The zero-order valence-corrected chi connectivity index (χ0v) is 15.8. The first kappa shape index (κ1) is 20.9. The van der Waals surface area contributed by atoms with Gasteiger partial charge in [-0.05, 0) is 56.2 Å². The lowest BCUT2D eigenvalue weighted by Gasteiger charge is -2.13. The summed E-state index contributed by atoms with van der Waals surface area (Å²) in [4.78, 5) is 12.0. The highest BCUT2D eigenvalue weighted by atomic mass is 32.2. The summed E-state index contributed by atoms with van der Waals surface area (Å²) in [6.45, 7) is 4.63. The molecule has 27 heavy (non-hydrogen) atoms. The Bertz CT molecular complexity index is 930. The van der Waals surface area contributed by atoms with Crippen molar-refractivity contribution >= 4 is 21.6 Å². The van der Waals surface area contributed by atoms with Crippen LogP contribution < -0.4 is 10.0 Å². The van der Waals surface area contributed by atoms with Gasteiger partial charge in [-0.15, -0.1) is 0 Å². The third kappa shape index (κ3) is 5.30. The summed E-state index contributed by atoms with van der Waals surface area (Å²) in [5, 5.41) is 2.35. The number of amides is 1. The summed E-state index contributed by atoms with van der Waals surface area (Å²) in [6, 6.07) is 7.32. The van der Waals surface area contributed by atoms with Gasteiger partial charge >= 0.3 is 6.18 Å². The second-order valence-electron chi connectivity index (χ2n) is 6.18. The molecule has 0 aliphatic carbocycles. The van der Waals surface area contributed by atoms with Crippen LogP contribution in [0, 0.1) is 20.8 Å². The van der Waals surface area contributed by atoms with Gasteiger partial charge in [-0.25, -0.2) is 13.1 Å². The van der Waals surface area contributed by atoms with E-state index in [1.807, 2.05) is 6.92 Å². The van der Waals surface area contributed by atoms with E-state index in [1.165, 1.54) is 0 Å². The summed E-state index contributed by atoms with van der Waals surface area (Å²) in [6.07, 6.45) is -4.47. The summed E-state index contributed by atoms with van der Waals surface area (Å²) in [5.41, 5.74) is 1.33. The van der Waals surface area contributed by atoms with Crippen molar-refractivity contribution in [1.82, 2.24) is 4.72 Å². The normalized spacial score (nSPS) is 12.1. The molecule has 2 rings (SSSR count). The molecule has 0 bridgehead atoms. The van der Waals surface area contributed by atoms with Crippen molar-refractivity contribution in [2.45, 2.75) is 31.8 Å². The first-order chi connectivity index (χ1) is 12.4. The molecule has 9 heteroatoms. The van der Waals surface area contributed by atoms with Gasteiger partial charge in [0, 0.05) is 5.69 Å². The Morgan fingerprint density at radius 1 is 1.00 bits per heavy atom. The highest BCUT2D eigenvalue weighted by Crippen LogP contribution is 2.29. The first-order valence-electron chi connectivity index (χ1n) is 7.95. The Hall–Kier alpha value is -2.39. The molecule has 146 valence electrons. The minimum atomic E-state index is -4.47. The van der Waals surface area contributed by atoms with Crippen LogP contribution in [-0.4, -0.2) is 20.9 Å². The Morgan fingerprint density at radius 2 is 1.52 bits per heavy atom. The van der Waals surface area contributed by atoms with E-state index in [1.54, 1.807) is 26.0 Å². The monoisotopic (exact) mass is 400 g/mol. The molecule has 0 fully saturated rings. The second kappa shape index (κ2) is 7.69. The third-order valence-electron chi connectivity index (χ3n) is 3.79. The zero-order chi connectivity index (χ0) is 20.4. The number of sulfonamides is 1. The fourth-order valence-electron chi connectivity index (χ4n) is 2.77. The summed E-state index contributed by atoms with van der Waals surface area (Å²) < 4.78 is 64.7. The second-order valence-corrected chi connectivity index (χ2v) is 7.88. The van der Waals surface area contributed by atoms with Crippen molar-refractivity contribution in [3.8, 4) is 0 Å². The lowest BCUT2D eigenvalue weighted by atomic mass is 10.1. The van der Waals surface area contributed by atoms with Crippen LogP contribution in [0.15, 0.2) is 41.3 Å². The van der Waals surface area contributed by atoms with Crippen molar-refractivity contribution in [2.24, 2.45) is 0 Å². The molecule has 0 aliphatic rings. The van der Waals surface area contributed by atoms with E-state index in [0.29, 0.717) is 11.1 Å². The molecule has 0 aromatic heterocycles. The number of nitrogens with one attached hydrogen (secondary N) is 2. The van der Waals surface area contributed by atoms with Gasteiger partial charge in [0.15, 0.2) is 0 Å². The minimum Gasteiger partial charge on any atom is -0.325 e. The number of hydrogen-bond donors (Lipinski definition) is 2. The van der Waals surface area contributed by atoms with Gasteiger partial charge in [-0.2, -0.15) is 13.2 Å². The van der Waals surface area contributed by atoms with Gasteiger partial charge in [-0.3, -0.25) is 4.79 Å². The lowest BCUT2D eigenvalue weighted by Crippen LogP contribution is -2.33. The number of rotatable bonds is 5. The van der Waals surface area contributed by atoms with Crippen molar-refractivity contribution in [2.75, 3.05) is 11.9 Å². The van der Waals surface area contributed by atoms with Gasteiger partial charge in [0.05, 0.1) is 17.0 Å². The van der Waals surface area contributed by atoms with E-state index in [9.17, 15) is 26.4 Å². The first-order valence-corrected chi connectivity index (χ1v) is 9.43. The molecular weight excluding hydrogens is 381 g/mol. The third-order valence-corrected chi connectivity index (χ3v) is 5.50. The fraction of sp³-hybridized carbons (Fsp3) is 0.278. The molecule has 0 radical (unpaired) electrons. The standard InChI is InChI=1S/C18H19F3N2O3S/c1-11-8-12(2)17(13(3)9-11)27(25,26)22-10-16(24)23-15-6-4-14(5-7-15)18(19,20)21/h4-9,22H,10H2,1-3H3,(H,23,24). The molecule has 0 aliphatic heterocycles. The van der Waals surface area contributed by atoms with Gasteiger partial charge in [0.2, 0.25) is 15.9 Å². The lowest BCUT2D eigenvalue weighted by molar-refractivity contribution is -0.137. The number of alkyl halides is 3. The van der Waals surface area contributed by atoms with E-state index < -0.39 is 34.2 Å². The Morgan fingerprint density at radius 3 is 2.00 bits per heavy atom. The molecule has 1 amide bonds. The van der Waals surface area contributed by atoms with E-state index in [0.717, 1.165) is 29.8 Å². The molecule has 0 saturated heterocycles. The van der Waals surface area contributed by atoms with Gasteiger partial charge in [-0.1, -0.05) is 17.7 Å². The average Bonchev–Trinajstić information content (AvgIpc) is 2.51. The Kier molecular flexibility index (Phi) is 5.96. The molecule has 5 nitrogen and oxygen atoms in total. The van der Waals surface area contributed by atoms with Gasteiger partial charge in [0.25, 0.3) is 0 Å². The van der Waals surface area contributed by atoms with Crippen LogP contribution in [0.4, 0.5) is 18.9 Å². The van der Waals surface area contributed by atoms with Crippen LogP contribution in [0.25, 0.3) is 0 Å². The van der Waals surface area contributed by atoms with Crippen LogP contribution in [0.1, 0.15) is 22.3 Å². The Balaban J connectivity index is 2.05. The van der Waals surface area contributed by atoms with Crippen LogP contribution in [-0.2, 0) is 21.0 Å². The fourth-order valence-corrected chi connectivity index (χ4v) is 4.20. The molecule has 2 N–H and O–H groups in total. The largest absolute Gasteiger partial charge is 0.416 e.